The first-order chi connectivity index (χ1) is 9.15. The van der Waals surface area contributed by atoms with Crippen molar-refractivity contribution < 1.29 is 9.90 Å². The summed E-state index contributed by atoms with van der Waals surface area (Å²) in [5.41, 5.74) is 2.70. The van der Waals surface area contributed by atoms with E-state index in [0.717, 1.165) is 16.9 Å². The average molecular weight is 259 g/mol. The number of aromatic amines is 1. The lowest BCUT2D eigenvalue weighted by atomic mass is 10.1. The molecule has 0 aliphatic carbocycles. The second kappa shape index (κ2) is 6.15. The summed E-state index contributed by atoms with van der Waals surface area (Å²) in [5, 5.41) is 18.7. The Morgan fingerprint density at radius 2 is 2.11 bits per heavy atom. The van der Waals surface area contributed by atoms with E-state index in [1.807, 2.05) is 30.3 Å². The predicted octanol–water partition coefficient (Wildman–Crippen LogP) is 2.18. The van der Waals surface area contributed by atoms with E-state index in [1.165, 1.54) is 0 Å². The monoisotopic (exact) mass is 259 g/mol. The van der Waals surface area contributed by atoms with Gasteiger partial charge in [0.25, 0.3) is 0 Å². The number of benzene rings is 1. The van der Waals surface area contributed by atoms with Crippen molar-refractivity contribution in [3.05, 3.63) is 36.5 Å². The summed E-state index contributed by atoms with van der Waals surface area (Å²) in [4.78, 5) is 11.6. The van der Waals surface area contributed by atoms with Gasteiger partial charge in [-0.05, 0) is 37.1 Å². The Hall–Kier alpha value is -2.14. The van der Waals surface area contributed by atoms with Crippen LogP contribution in [0.4, 0.5) is 5.69 Å². The summed E-state index contributed by atoms with van der Waals surface area (Å²) in [6.45, 7) is 1.67. The van der Waals surface area contributed by atoms with Gasteiger partial charge in [-0.25, -0.2) is 0 Å². The summed E-state index contributed by atoms with van der Waals surface area (Å²) < 4.78 is 0. The molecule has 0 fully saturated rings. The fourth-order valence-electron chi connectivity index (χ4n) is 1.71. The van der Waals surface area contributed by atoms with Crippen molar-refractivity contribution in [3.8, 4) is 11.3 Å². The summed E-state index contributed by atoms with van der Waals surface area (Å²) >= 11 is 0. The van der Waals surface area contributed by atoms with Crippen LogP contribution in [0.3, 0.4) is 0 Å². The maximum absolute atomic E-state index is 11.6. The Morgan fingerprint density at radius 1 is 1.37 bits per heavy atom. The van der Waals surface area contributed by atoms with Gasteiger partial charge < -0.3 is 10.4 Å². The molecular formula is C14H17N3O2. The van der Waals surface area contributed by atoms with E-state index in [-0.39, 0.29) is 5.91 Å². The minimum Gasteiger partial charge on any atom is -0.393 e. The van der Waals surface area contributed by atoms with Crippen LogP contribution in [0.15, 0.2) is 36.5 Å². The summed E-state index contributed by atoms with van der Waals surface area (Å²) in [5.74, 6) is -0.0878. The zero-order valence-corrected chi connectivity index (χ0v) is 10.8. The molecule has 1 aromatic heterocycles. The zero-order valence-electron chi connectivity index (χ0n) is 10.8. The number of hydrogen-bond acceptors (Lipinski definition) is 3. The summed E-state index contributed by atoms with van der Waals surface area (Å²) in [6.07, 6.45) is 2.03. The highest BCUT2D eigenvalue weighted by Gasteiger charge is 2.05. The van der Waals surface area contributed by atoms with Crippen LogP contribution in [0.5, 0.6) is 0 Å². The van der Waals surface area contributed by atoms with Crippen molar-refractivity contribution in [2.75, 3.05) is 5.32 Å². The molecular weight excluding hydrogens is 242 g/mol. The first-order valence-electron chi connectivity index (χ1n) is 6.23. The third-order valence-corrected chi connectivity index (χ3v) is 2.77. The minimum absolute atomic E-state index is 0.0878. The van der Waals surface area contributed by atoms with Gasteiger partial charge in [-0.15, -0.1) is 0 Å². The van der Waals surface area contributed by atoms with Crippen LogP contribution in [0.1, 0.15) is 19.8 Å². The maximum atomic E-state index is 11.6. The zero-order chi connectivity index (χ0) is 13.7. The second-order valence-corrected chi connectivity index (χ2v) is 4.48. The van der Waals surface area contributed by atoms with E-state index < -0.39 is 6.10 Å². The molecule has 2 aromatic rings. The number of aromatic nitrogens is 2. The molecule has 0 radical (unpaired) electrons. The van der Waals surface area contributed by atoms with Gasteiger partial charge in [0.2, 0.25) is 5.91 Å². The quantitative estimate of drug-likeness (QED) is 0.770. The topological polar surface area (TPSA) is 78.0 Å². The number of rotatable bonds is 5. The SMILES string of the molecule is CC(O)CCC(=O)Nc1ccc(-c2ccn[nH]2)cc1. The lowest BCUT2D eigenvalue weighted by molar-refractivity contribution is -0.116. The van der Waals surface area contributed by atoms with Gasteiger partial charge >= 0.3 is 0 Å². The number of hydrogen-bond donors (Lipinski definition) is 3. The Labute approximate surface area is 111 Å². The second-order valence-electron chi connectivity index (χ2n) is 4.48. The molecule has 5 heteroatoms. The number of amides is 1. The number of anilines is 1. The van der Waals surface area contributed by atoms with Gasteiger partial charge in [0.05, 0.1) is 11.8 Å². The largest absolute Gasteiger partial charge is 0.393 e. The molecule has 0 bridgehead atoms. The highest BCUT2D eigenvalue weighted by molar-refractivity contribution is 5.90. The van der Waals surface area contributed by atoms with Crippen molar-refractivity contribution in [3.63, 3.8) is 0 Å². The summed E-state index contributed by atoms with van der Waals surface area (Å²) in [6, 6.07) is 9.40. The van der Waals surface area contributed by atoms with Crippen molar-refractivity contribution in [2.24, 2.45) is 0 Å². The van der Waals surface area contributed by atoms with E-state index in [2.05, 4.69) is 15.5 Å². The Bertz CT molecular complexity index is 518. The molecule has 100 valence electrons. The first kappa shape index (κ1) is 13.3. The molecule has 2 rings (SSSR count). The van der Waals surface area contributed by atoms with Crippen LogP contribution in [-0.2, 0) is 4.79 Å². The molecule has 0 saturated carbocycles. The number of carbonyl (C=O) groups is 1. The van der Waals surface area contributed by atoms with Crippen molar-refractivity contribution >= 4 is 11.6 Å². The third-order valence-electron chi connectivity index (χ3n) is 2.77. The molecule has 1 aromatic carbocycles. The van der Waals surface area contributed by atoms with E-state index in [1.54, 1.807) is 13.1 Å². The van der Waals surface area contributed by atoms with Crippen molar-refractivity contribution in [1.82, 2.24) is 10.2 Å². The Balaban J connectivity index is 1.94. The number of aliphatic hydroxyl groups is 1. The van der Waals surface area contributed by atoms with E-state index in [4.69, 9.17) is 5.11 Å². The maximum Gasteiger partial charge on any atom is 0.224 e. The van der Waals surface area contributed by atoms with Crippen molar-refractivity contribution in [1.29, 1.82) is 0 Å². The van der Waals surface area contributed by atoms with Crippen LogP contribution in [-0.4, -0.2) is 27.3 Å². The first-order valence-corrected chi connectivity index (χ1v) is 6.23. The van der Waals surface area contributed by atoms with Gasteiger partial charge in [0.15, 0.2) is 0 Å². The molecule has 3 N–H and O–H groups in total. The standard InChI is InChI=1S/C14H17N3O2/c1-10(18)2-7-14(19)16-12-5-3-11(4-6-12)13-8-9-15-17-13/h3-6,8-10,18H,2,7H2,1H3,(H,15,17)(H,16,19). The van der Waals surface area contributed by atoms with Crippen LogP contribution in [0.25, 0.3) is 11.3 Å². The number of nitrogens with zero attached hydrogens (tertiary/aromatic N) is 1. The molecule has 5 nitrogen and oxygen atoms in total. The summed E-state index contributed by atoms with van der Waals surface area (Å²) in [7, 11) is 0. The van der Waals surface area contributed by atoms with Crippen LogP contribution < -0.4 is 5.32 Å². The number of H-pyrrole nitrogens is 1. The molecule has 1 amide bonds. The number of aliphatic hydroxyl groups excluding tert-OH is 1. The number of carbonyl (C=O) groups excluding carboxylic acids is 1. The molecule has 0 saturated heterocycles. The van der Waals surface area contributed by atoms with E-state index >= 15 is 0 Å². The third kappa shape index (κ3) is 3.93. The number of nitrogens with one attached hydrogen (secondary N) is 2. The highest BCUT2D eigenvalue weighted by atomic mass is 16.3. The Morgan fingerprint density at radius 3 is 2.68 bits per heavy atom. The van der Waals surface area contributed by atoms with Gasteiger partial charge in [-0.1, -0.05) is 12.1 Å². The lowest BCUT2D eigenvalue weighted by Crippen LogP contribution is -2.13. The van der Waals surface area contributed by atoms with Gasteiger partial charge in [-0.2, -0.15) is 5.10 Å². The van der Waals surface area contributed by atoms with Crippen LogP contribution in [0, 0.1) is 0 Å². The molecule has 1 heterocycles. The molecule has 0 aliphatic heterocycles. The van der Waals surface area contributed by atoms with Gasteiger partial charge in [0.1, 0.15) is 0 Å². The van der Waals surface area contributed by atoms with Crippen LogP contribution >= 0.6 is 0 Å². The van der Waals surface area contributed by atoms with E-state index in [0.29, 0.717) is 12.8 Å². The normalized spacial score (nSPS) is 12.1. The van der Waals surface area contributed by atoms with Crippen LogP contribution in [0.2, 0.25) is 0 Å². The fourth-order valence-corrected chi connectivity index (χ4v) is 1.71. The molecule has 0 spiro atoms. The fraction of sp³-hybridized carbons (Fsp3) is 0.286. The van der Waals surface area contributed by atoms with Gasteiger partial charge in [0, 0.05) is 18.3 Å². The molecule has 1 unspecified atom stereocenters. The smallest absolute Gasteiger partial charge is 0.224 e. The molecule has 0 aliphatic rings. The minimum atomic E-state index is -0.450. The molecule has 1 atom stereocenters. The van der Waals surface area contributed by atoms with Gasteiger partial charge in [-0.3, -0.25) is 9.89 Å². The Kier molecular flexibility index (Phi) is 4.30. The lowest BCUT2D eigenvalue weighted by Gasteiger charge is -2.07. The van der Waals surface area contributed by atoms with E-state index in [9.17, 15) is 4.79 Å². The highest BCUT2D eigenvalue weighted by Crippen LogP contribution is 2.19. The predicted molar refractivity (Wildman–Crippen MR) is 73.6 cm³/mol. The van der Waals surface area contributed by atoms with Crippen molar-refractivity contribution in [2.45, 2.75) is 25.9 Å². The average Bonchev–Trinajstić information content (AvgIpc) is 2.91. The molecule has 19 heavy (non-hydrogen) atoms.